The Kier molecular flexibility index (Phi) is 8.96. The molecule has 0 aliphatic heterocycles. The quantitative estimate of drug-likeness (QED) is 0.339. The van der Waals surface area contributed by atoms with Gasteiger partial charge in [0.25, 0.3) is 0 Å². The fourth-order valence-electron chi connectivity index (χ4n) is 2.30. The third-order valence-electron chi connectivity index (χ3n) is 3.87. The van der Waals surface area contributed by atoms with E-state index < -0.39 is 17.7 Å². The molecule has 0 aliphatic carbocycles. The lowest BCUT2D eigenvalue weighted by atomic mass is 10.2. The minimum absolute atomic E-state index is 0.0568. The maximum absolute atomic E-state index is 12.8. The monoisotopic (exact) mass is 431 g/mol. The maximum Gasteiger partial charge on any atom is 0.343 e. The molecule has 164 valence electrons. The second-order valence-corrected chi connectivity index (χ2v) is 6.12. The molecule has 0 heterocycles. The highest BCUT2D eigenvalue weighted by Crippen LogP contribution is 2.27. The van der Waals surface area contributed by atoms with E-state index >= 15 is 0 Å². The van der Waals surface area contributed by atoms with Crippen LogP contribution in [0.15, 0.2) is 47.6 Å². The Bertz CT molecular complexity index is 947. The number of rotatable bonds is 10. The van der Waals surface area contributed by atoms with E-state index in [-0.39, 0.29) is 25.4 Å². The van der Waals surface area contributed by atoms with E-state index in [1.165, 1.54) is 44.7 Å². The van der Waals surface area contributed by atoms with Crippen molar-refractivity contribution in [3.63, 3.8) is 0 Å². The Labute approximate surface area is 178 Å². The standard InChI is InChI=1S/C21H22FN3O6/c1-29-18-11-14(3-8-17(18)31-13-21(28)30-2)12-23-25-20(27)10-9-19(26)24-16-6-4-15(22)5-7-16/h3-8,11-12H,9-10,13H2,1-2H3,(H,24,26)(H,25,27). The van der Waals surface area contributed by atoms with E-state index in [1.807, 2.05) is 0 Å². The van der Waals surface area contributed by atoms with Gasteiger partial charge in [0, 0.05) is 18.5 Å². The van der Waals surface area contributed by atoms with Crippen LogP contribution in [0.1, 0.15) is 18.4 Å². The minimum Gasteiger partial charge on any atom is -0.493 e. The smallest absolute Gasteiger partial charge is 0.343 e. The SMILES string of the molecule is COC(=O)COc1ccc(C=NNC(=O)CCC(=O)Nc2ccc(F)cc2)cc1OC. The van der Waals surface area contributed by atoms with E-state index in [4.69, 9.17) is 9.47 Å². The zero-order valence-electron chi connectivity index (χ0n) is 17.0. The van der Waals surface area contributed by atoms with Crippen LogP contribution in [0.2, 0.25) is 0 Å². The molecule has 0 bridgehead atoms. The number of nitrogens with zero attached hydrogens (tertiary/aromatic N) is 1. The van der Waals surface area contributed by atoms with Crippen molar-refractivity contribution in [3.05, 3.63) is 53.8 Å². The molecule has 2 amide bonds. The number of hydrogen-bond acceptors (Lipinski definition) is 7. The number of hydrazone groups is 1. The summed E-state index contributed by atoms with van der Waals surface area (Å²) in [5, 5.41) is 6.40. The lowest BCUT2D eigenvalue weighted by Gasteiger charge is -2.10. The molecule has 31 heavy (non-hydrogen) atoms. The number of hydrogen-bond donors (Lipinski definition) is 2. The number of carbonyl (C=O) groups excluding carboxylic acids is 3. The van der Waals surface area contributed by atoms with E-state index in [1.54, 1.807) is 18.2 Å². The molecule has 2 N–H and O–H groups in total. The van der Waals surface area contributed by atoms with Crippen molar-refractivity contribution in [1.82, 2.24) is 5.43 Å². The Balaban J connectivity index is 1.80. The molecule has 0 aromatic heterocycles. The van der Waals surface area contributed by atoms with Gasteiger partial charge in [-0.2, -0.15) is 5.10 Å². The molecule has 2 aromatic carbocycles. The first-order valence-electron chi connectivity index (χ1n) is 9.16. The number of carbonyl (C=O) groups is 3. The van der Waals surface area contributed by atoms with Gasteiger partial charge in [0.1, 0.15) is 5.82 Å². The molecular formula is C21H22FN3O6. The number of amides is 2. The van der Waals surface area contributed by atoms with Gasteiger partial charge < -0.3 is 19.5 Å². The highest BCUT2D eigenvalue weighted by molar-refractivity contribution is 5.93. The van der Waals surface area contributed by atoms with Crippen LogP contribution in [0.4, 0.5) is 10.1 Å². The Hall–Kier alpha value is -3.95. The van der Waals surface area contributed by atoms with Gasteiger partial charge in [0.05, 0.1) is 20.4 Å². The first-order valence-corrected chi connectivity index (χ1v) is 9.16. The zero-order valence-corrected chi connectivity index (χ0v) is 17.0. The number of halogens is 1. The van der Waals surface area contributed by atoms with E-state index in [2.05, 4.69) is 20.6 Å². The maximum atomic E-state index is 12.8. The average molecular weight is 431 g/mol. The highest BCUT2D eigenvalue weighted by Gasteiger charge is 2.09. The molecule has 0 radical (unpaired) electrons. The van der Waals surface area contributed by atoms with Crippen LogP contribution >= 0.6 is 0 Å². The minimum atomic E-state index is -0.526. The van der Waals surface area contributed by atoms with Crippen molar-refractivity contribution in [1.29, 1.82) is 0 Å². The molecule has 10 heteroatoms. The van der Waals surface area contributed by atoms with Crippen LogP contribution in [0.3, 0.4) is 0 Å². The normalized spacial score (nSPS) is 10.4. The number of methoxy groups -OCH3 is 2. The third kappa shape index (κ3) is 8.13. The topological polar surface area (TPSA) is 115 Å². The summed E-state index contributed by atoms with van der Waals surface area (Å²) >= 11 is 0. The first-order chi connectivity index (χ1) is 14.9. The molecule has 0 spiro atoms. The number of benzene rings is 2. The van der Waals surface area contributed by atoms with E-state index in [0.29, 0.717) is 22.7 Å². The van der Waals surface area contributed by atoms with Crippen LogP contribution in [-0.2, 0) is 19.1 Å². The molecule has 0 saturated carbocycles. The number of esters is 1. The predicted octanol–water partition coefficient (Wildman–Crippen LogP) is 2.26. The first kappa shape index (κ1) is 23.3. The largest absolute Gasteiger partial charge is 0.493 e. The number of anilines is 1. The van der Waals surface area contributed by atoms with Gasteiger partial charge in [-0.25, -0.2) is 14.6 Å². The summed E-state index contributed by atoms with van der Waals surface area (Å²) < 4.78 is 27.9. The molecule has 0 aliphatic rings. The van der Waals surface area contributed by atoms with Crippen LogP contribution in [-0.4, -0.2) is 44.8 Å². The summed E-state index contributed by atoms with van der Waals surface area (Å²) in [5.41, 5.74) is 3.38. The van der Waals surface area contributed by atoms with Crippen LogP contribution in [0.25, 0.3) is 0 Å². The Morgan fingerprint density at radius 3 is 2.39 bits per heavy atom. The molecule has 9 nitrogen and oxygen atoms in total. The summed E-state index contributed by atoms with van der Waals surface area (Å²) in [5.74, 6) is -1.04. The number of nitrogens with one attached hydrogen (secondary N) is 2. The fraction of sp³-hybridized carbons (Fsp3) is 0.238. The fourth-order valence-corrected chi connectivity index (χ4v) is 2.30. The van der Waals surface area contributed by atoms with E-state index in [9.17, 15) is 18.8 Å². The summed E-state index contributed by atoms with van der Waals surface area (Å²) in [6.45, 7) is -0.259. The second kappa shape index (κ2) is 11.9. The molecular weight excluding hydrogens is 409 g/mol. The lowest BCUT2D eigenvalue weighted by molar-refractivity contribution is -0.143. The van der Waals surface area contributed by atoms with E-state index in [0.717, 1.165) is 0 Å². The Morgan fingerprint density at radius 2 is 1.71 bits per heavy atom. The summed E-state index contributed by atoms with van der Waals surface area (Å²) in [4.78, 5) is 34.9. The molecule has 2 rings (SSSR count). The van der Waals surface area contributed by atoms with Crippen molar-refractivity contribution in [3.8, 4) is 11.5 Å². The summed E-state index contributed by atoms with van der Waals surface area (Å²) in [6.07, 6.45) is 1.26. The predicted molar refractivity (Wildman–Crippen MR) is 111 cm³/mol. The molecule has 0 atom stereocenters. The third-order valence-corrected chi connectivity index (χ3v) is 3.87. The molecule has 0 fully saturated rings. The van der Waals surface area contributed by atoms with Gasteiger partial charge in [-0.3, -0.25) is 9.59 Å². The van der Waals surface area contributed by atoms with Gasteiger partial charge in [-0.05, 0) is 48.0 Å². The number of ether oxygens (including phenoxy) is 3. The van der Waals surface area contributed by atoms with Crippen molar-refractivity contribution in [2.45, 2.75) is 12.8 Å². The zero-order chi connectivity index (χ0) is 22.6. The second-order valence-electron chi connectivity index (χ2n) is 6.12. The average Bonchev–Trinajstić information content (AvgIpc) is 2.77. The van der Waals surface area contributed by atoms with Crippen LogP contribution in [0, 0.1) is 5.82 Å². The van der Waals surface area contributed by atoms with Crippen molar-refractivity contribution in [2.75, 3.05) is 26.1 Å². The summed E-state index contributed by atoms with van der Waals surface area (Å²) in [6, 6.07) is 10.2. The van der Waals surface area contributed by atoms with Gasteiger partial charge in [0.2, 0.25) is 11.8 Å². The van der Waals surface area contributed by atoms with Crippen molar-refractivity contribution < 1.29 is 33.0 Å². The Morgan fingerprint density at radius 1 is 1.00 bits per heavy atom. The van der Waals surface area contributed by atoms with Crippen molar-refractivity contribution >= 4 is 29.7 Å². The van der Waals surface area contributed by atoms with Gasteiger partial charge in [-0.15, -0.1) is 0 Å². The van der Waals surface area contributed by atoms with Gasteiger partial charge in [-0.1, -0.05) is 0 Å². The van der Waals surface area contributed by atoms with Crippen LogP contribution in [0.5, 0.6) is 11.5 Å². The lowest BCUT2D eigenvalue weighted by Crippen LogP contribution is -2.20. The van der Waals surface area contributed by atoms with Crippen molar-refractivity contribution in [2.24, 2.45) is 5.10 Å². The summed E-state index contributed by atoms with van der Waals surface area (Å²) in [7, 11) is 2.70. The highest BCUT2D eigenvalue weighted by atomic mass is 19.1. The van der Waals surface area contributed by atoms with Crippen LogP contribution < -0.4 is 20.2 Å². The molecule has 0 unspecified atom stereocenters. The molecule has 2 aromatic rings. The van der Waals surface area contributed by atoms with Gasteiger partial charge >= 0.3 is 5.97 Å². The van der Waals surface area contributed by atoms with Gasteiger partial charge in [0.15, 0.2) is 18.1 Å². The molecule has 0 saturated heterocycles.